The Hall–Kier alpha value is -2.37. The Kier molecular flexibility index (Phi) is 51.3. The number of carbonyl (C=O) groups excluding carboxylic acids is 3. The van der Waals surface area contributed by atoms with Gasteiger partial charge in [0.05, 0.1) is 0 Å². The predicted octanol–water partition coefficient (Wildman–Crippen LogP) is 18.5. The molecule has 0 bridgehead atoms. The molecule has 1 unspecified atom stereocenters. The Morgan fingerprint density at radius 1 is 0.312 bits per heavy atom. The van der Waals surface area contributed by atoms with E-state index in [2.05, 4.69) is 51.2 Å². The van der Waals surface area contributed by atoms with E-state index in [4.69, 9.17) is 14.2 Å². The maximum Gasteiger partial charge on any atom is 0.306 e. The number of rotatable bonds is 51. The van der Waals surface area contributed by atoms with Crippen LogP contribution in [0.5, 0.6) is 0 Å². The van der Waals surface area contributed by atoms with Crippen LogP contribution in [0, 0.1) is 0 Å². The molecule has 0 fully saturated rings. The van der Waals surface area contributed by atoms with E-state index in [0.29, 0.717) is 19.3 Å². The Morgan fingerprint density at radius 2 is 0.594 bits per heavy atom. The minimum absolute atomic E-state index is 0.0881. The summed E-state index contributed by atoms with van der Waals surface area (Å²) in [6.45, 7) is 6.61. The molecule has 6 heteroatoms. The van der Waals surface area contributed by atoms with E-state index in [1.54, 1.807) is 0 Å². The van der Waals surface area contributed by atoms with Crippen LogP contribution in [0.4, 0.5) is 0 Å². The fourth-order valence-electron chi connectivity index (χ4n) is 8.14. The van der Waals surface area contributed by atoms with Gasteiger partial charge >= 0.3 is 17.9 Å². The molecule has 0 aromatic rings. The predicted molar refractivity (Wildman–Crippen MR) is 275 cm³/mol. The van der Waals surface area contributed by atoms with Gasteiger partial charge in [0.15, 0.2) is 6.10 Å². The highest BCUT2D eigenvalue weighted by Crippen LogP contribution is 2.16. The summed E-state index contributed by atoms with van der Waals surface area (Å²) in [5.74, 6) is -0.948. The average molecular weight is 899 g/mol. The van der Waals surface area contributed by atoms with Crippen molar-refractivity contribution in [3.05, 3.63) is 36.5 Å². The summed E-state index contributed by atoms with van der Waals surface area (Å²) < 4.78 is 16.8. The SMILES string of the molecule is CCCCCCCC/C=C/C/C=C/CCC(=O)OCC(COC(=O)CCCCCCCCC/C=C/CCCCCCCC)OC(=O)CCCCCCCCCCCCCCCCCC. The summed E-state index contributed by atoms with van der Waals surface area (Å²) in [4.78, 5) is 38.0. The molecule has 0 aliphatic rings. The van der Waals surface area contributed by atoms with Crippen molar-refractivity contribution >= 4 is 17.9 Å². The molecular weight excluding hydrogens is 793 g/mol. The van der Waals surface area contributed by atoms with Gasteiger partial charge in [-0.1, -0.05) is 250 Å². The van der Waals surface area contributed by atoms with Crippen LogP contribution in [0.15, 0.2) is 36.5 Å². The van der Waals surface area contributed by atoms with E-state index >= 15 is 0 Å². The maximum atomic E-state index is 12.8. The number of hydrogen-bond donors (Lipinski definition) is 0. The van der Waals surface area contributed by atoms with Gasteiger partial charge in [-0.3, -0.25) is 14.4 Å². The molecule has 0 radical (unpaired) electrons. The van der Waals surface area contributed by atoms with E-state index in [-0.39, 0.29) is 37.5 Å². The third-order valence-electron chi connectivity index (χ3n) is 12.4. The van der Waals surface area contributed by atoms with Crippen molar-refractivity contribution in [1.29, 1.82) is 0 Å². The molecule has 0 amide bonds. The zero-order chi connectivity index (χ0) is 46.5. The summed E-state index contributed by atoms with van der Waals surface area (Å²) in [5, 5.41) is 0. The van der Waals surface area contributed by atoms with Gasteiger partial charge in [0.2, 0.25) is 0 Å². The van der Waals surface area contributed by atoms with Crippen molar-refractivity contribution in [2.24, 2.45) is 0 Å². The third-order valence-corrected chi connectivity index (χ3v) is 12.4. The first kappa shape index (κ1) is 61.6. The molecule has 0 N–H and O–H groups in total. The van der Waals surface area contributed by atoms with Gasteiger partial charge in [0.25, 0.3) is 0 Å². The zero-order valence-corrected chi connectivity index (χ0v) is 42.8. The van der Waals surface area contributed by atoms with Crippen LogP contribution in [-0.2, 0) is 28.6 Å². The summed E-state index contributed by atoms with van der Waals surface area (Å²) in [6, 6.07) is 0. The van der Waals surface area contributed by atoms with Gasteiger partial charge < -0.3 is 14.2 Å². The smallest absolute Gasteiger partial charge is 0.306 e. The van der Waals surface area contributed by atoms with Crippen molar-refractivity contribution in [2.75, 3.05) is 13.2 Å². The molecule has 0 aromatic carbocycles. The second-order valence-electron chi connectivity index (χ2n) is 18.8. The van der Waals surface area contributed by atoms with Crippen molar-refractivity contribution in [1.82, 2.24) is 0 Å². The Morgan fingerprint density at radius 3 is 0.969 bits per heavy atom. The normalized spacial score (nSPS) is 12.2. The molecule has 0 aromatic heterocycles. The minimum atomic E-state index is -0.792. The lowest BCUT2D eigenvalue weighted by atomic mass is 10.0. The van der Waals surface area contributed by atoms with Gasteiger partial charge in [-0.25, -0.2) is 0 Å². The first-order chi connectivity index (χ1) is 31.5. The van der Waals surface area contributed by atoms with Crippen LogP contribution >= 0.6 is 0 Å². The topological polar surface area (TPSA) is 78.9 Å². The molecule has 374 valence electrons. The van der Waals surface area contributed by atoms with Crippen LogP contribution in [0.25, 0.3) is 0 Å². The minimum Gasteiger partial charge on any atom is -0.462 e. The number of esters is 3. The van der Waals surface area contributed by atoms with Crippen molar-refractivity contribution in [3.8, 4) is 0 Å². The van der Waals surface area contributed by atoms with Gasteiger partial charge in [-0.15, -0.1) is 0 Å². The Bertz CT molecular complexity index is 1080. The molecule has 0 rings (SSSR count). The van der Waals surface area contributed by atoms with E-state index in [9.17, 15) is 14.4 Å². The van der Waals surface area contributed by atoms with Gasteiger partial charge in [-0.05, 0) is 64.2 Å². The molecule has 0 aliphatic carbocycles. The molecular formula is C58H106O6. The van der Waals surface area contributed by atoms with Crippen LogP contribution in [0.1, 0.15) is 297 Å². The second kappa shape index (κ2) is 53.2. The third kappa shape index (κ3) is 50.6. The second-order valence-corrected chi connectivity index (χ2v) is 18.8. The van der Waals surface area contributed by atoms with E-state index in [1.807, 2.05) is 6.08 Å². The number of unbranched alkanes of at least 4 members (excludes halogenated alkanes) is 34. The number of allylic oxidation sites excluding steroid dienone is 6. The molecule has 0 spiro atoms. The van der Waals surface area contributed by atoms with Gasteiger partial charge in [-0.2, -0.15) is 0 Å². The number of carbonyl (C=O) groups is 3. The highest BCUT2D eigenvalue weighted by atomic mass is 16.6. The standard InChI is InChI=1S/C58H106O6/c1-4-7-10-13-16-19-22-25-27-29-31-33-36-39-42-45-48-51-57(60)63-54-55(53-62-56(59)50-47-44-41-38-35-32-24-21-18-15-12-9-6-3)64-58(61)52-49-46-43-40-37-34-30-28-26-23-20-17-14-11-8-5-2/h25,27,32,35,41,44,55H,4-24,26,28-31,33-34,36-40,42-43,45-54H2,1-3H3/b27-25+,35-32+,44-41+. The van der Waals surface area contributed by atoms with Gasteiger partial charge in [0.1, 0.15) is 13.2 Å². The quantitative estimate of drug-likeness (QED) is 0.0262. The average Bonchev–Trinajstić information content (AvgIpc) is 3.29. The molecule has 0 saturated carbocycles. The molecule has 0 aliphatic heterocycles. The largest absolute Gasteiger partial charge is 0.462 e. The van der Waals surface area contributed by atoms with E-state index in [0.717, 1.165) is 51.4 Å². The lowest BCUT2D eigenvalue weighted by Crippen LogP contribution is -2.30. The van der Waals surface area contributed by atoms with Crippen molar-refractivity contribution in [3.63, 3.8) is 0 Å². The lowest BCUT2D eigenvalue weighted by molar-refractivity contribution is -0.166. The summed E-state index contributed by atoms with van der Waals surface area (Å²) in [6.07, 6.45) is 62.9. The molecule has 64 heavy (non-hydrogen) atoms. The Balaban J connectivity index is 4.39. The first-order valence-electron chi connectivity index (χ1n) is 28.0. The molecule has 6 nitrogen and oxygen atoms in total. The van der Waals surface area contributed by atoms with Crippen LogP contribution in [0.3, 0.4) is 0 Å². The van der Waals surface area contributed by atoms with E-state index < -0.39 is 6.10 Å². The first-order valence-corrected chi connectivity index (χ1v) is 28.0. The van der Waals surface area contributed by atoms with Crippen molar-refractivity contribution in [2.45, 2.75) is 303 Å². The fraction of sp³-hybridized carbons (Fsp3) is 0.845. The van der Waals surface area contributed by atoms with Crippen molar-refractivity contribution < 1.29 is 28.6 Å². The molecule has 1 atom stereocenters. The molecule has 0 heterocycles. The van der Waals surface area contributed by atoms with E-state index in [1.165, 1.54) is 199 Å². The van der Waals surface area contributed by atoms with Crippen LogP contribution in [-0.4, -0.2) is 37.2 Å². The summed E-state index contributed by atoms with van der Waals surface area (Å²) >= 11 is 0. The monoisotopic (exact) mass is 899 g/mol. The highest BCUT2D eigenvalue weighted by Gasteiger charge is 2.19. The highest BCUT2D eigenvalue weighted by molar-refractivity contribution is 5.71. The number of ether oxygens (including phenoxy) is 3. The van der Waals surface area contributed by atoms with Crippen LogP contribution < -0.4 is 0 Å². The lowest BCUT2D eigenvalue weighted by Gasteiger charge is -2.18. The summed E-state index contributed by atoms with van der Waals surface area (Å²) in [5.41, 5.74) is 0. The number of hydrogen-bond acceptors (Lipinski definition) is 6. The zero-order valence-electron chi connectivity index (χ0n) is 42.8. The maximum absolute atomic E-state index is 12.8. The summed E-state index contributed by atoms with van der Waals surface area (Å²) in [7, 11) is 0. The van der Waals surface area contributed by atoms with Crippen LogP contribution in [0.2, 0.25) is 0 Å². The Labute approximate surface area is 397 Å². The van der Waals surface area contributed by atoms with Gasteiger partial charge in [0, 0.05) is 19.3 Å². The fourth-order valence-corrected chi connectivity index (χ4v) is 8.14. The molecule has 0 saturated heterocycles.